The minimum Gasteiger partial charge on any atom is -0.309 e. The van der Waals surface area contributed by atoms with Gasteiger partial charge in [-0.1, -0.05) is 41.9 Å². The SMILES string of the molecule is O=C(Nc1ccc(Cl)nn1)C1CC1c1ccccc1. The monoisotopic (exact) mass is 273 g/mol. The van der Waals surface area contributed by atoms with E-state index in [9.17, 15) is 4.79 Å². The molecule has 1 aliphatic carbocycles. The van der Waals surface area contributed by atoms with Crippen LogP contribution in [0.25, 0.3) is 0 Å². The minimum atomic E-state index is -0.00882. The molecular weight excluding hydrogens is 262 g/mol. The Balaban J connectivity index is 1.63. The van der Waals surface area contributed by atoms with Crippen molar-refractivity contribution in [2.24, 2.45) is 5.92 Å². The standard InChI is InChI=1S/C14H12ClN3O/c15-12-6-7-13(18-17-12)16-14(19)11-8-10(11)9-4-2-1-3-5-9/h1-7,10-11H,8H2,(H,16,18,19). The van der Waals surface area contributed by atoms with E-state index in [-0.39, 0.29) is 11.8 Å². The fraction of sp³-hybridized carbons (Fsp3) is 0.214. The third-order valence-electron chi connectivity index (χ3n) is 3.24. The molecule has 2 atom stereocenters. The molecule has 1 heterocycles. The molecule has 1 aromatic heterocycles. The number of amides is 1. The van der Waals surface area contributed by atoms with Crippen molar-refractivity contribution in [2.45, 2.75) is 12.3 Å². The fourth-order valence-corrected chi connectivity index (χ4v) is 2.26. The summed E-state index contributed by atoms with van der Waals surface area (Å²) < 4.78 is 0. The molecular formula is C14H12ClN3O. The summed E-state index contributed by atoms with van der Waals surface area (Å²) in [5, 5.41) is 10.6. The normalized spacial score (nSPS) is 20.9. The summed E-state index contributed by atoms with van der Waals surface area (Å²) in [4.78, 5) is 12.0. The molecule has 1 amide bonds. The summed E-state index contributed by atoms with van der Waals surface area (Å²) in [6.07, 6.45) is 0.886. The first-order chi connectivity index (χ1) is 9.24. The second-order valence-electron chi connectivity index (χ2n) is 4.59. The van der Waals surface area contributed by atoms with Crippen LogP contribution in [-0.2, 0) is 4.79 Å². The zero-order valence-electron chi connectivity index (χ0n) is 10.1. The average Bonchev–Trinajstić information content (AvgIpc) is 3.23. The van der Waals surface area contributed by atoms with Gasteiger partial charge in [0.2, 0.25) is 5.91 Å². The number of rotatable bonds is 3. The van der Waals surface area contributed by atoms with E-state index in [0.29, 0.717) is 16.9 Å². The van der Waals surface area contributed by atoms with Crippen LogP contribution in [0.4, 0.5) is 5.82 Å². The number of hydrogen-bond acceptors (Lipinski definition) is 3. The highest BCUT2D eigenvalue weighted by atomic mass is 35.5. The van der Waals surface area contributed by atoms with Gasteiger partial charge in [0, 0.05) is 5.92 Å². The van der Waals surface area contributed by atoms with Crippen LogP contribution in [0.5, 0.6) is 0 Å². The molecule has 0 saturated heterocycles. The Hall–Kier alpha value is -1.94. The highest BCUT2D eigenvalue weighted by molar-refractivity contribution is 6.29. The molecule has 2 aromatic rings. The van der Waals surface area contributed by atoms with Gasteiger partial charge in [0.15, 0.2) is 11.0 Å². The molecule has 0 radical (unpaired) electrons. The smallest absolute Gasteiger partial charge is 0.229 e. The van der Waals surface area contributed by atoms with Gasteiger partial charge in [-0.25, -0.2) is 0 Å². The summed E-state index contributed by atoms with van der Waals surface area (Å²) in [5.74, 6) is 0.778. The van der Waals surface area contributed by atoms with Gasteiger partial charge in [0.05, 0.1) is 0 Å². The molecule has 3 rings (SSSR count). The van der Waals surface area contributed by atoms with E-state index >= 15 is 0 Å². The maximum atomic E-state index is 12.0. The second-order valence-corrected chi connectivity index (χ2v) is 4.98. The van der Waals surface area contributed by atoms with E-state index < -0.39 is 0 Å². The van der Waals surface area contributed by atoms with Gasteiger partial charge in [0.1, 0.15) is 0 Å². The zero-order valence-corrected chi connectivity index (χ0v) is 10.8. The van der Waals surface area contributed by atoms with Gasteiger partial charge in [-0.2, -0.15) is 0 Å². The van der Waals surface area contributed by atoms with Crippen molar-refractivity contribution < 1.29 is 4.79 Å². The van der Waals surface area contributed by atoms with Crippen molar-refractivity contribution in [3.05, 3.63) is 53.2 Å². The van der Waals surface area contributed by atoms with Crippen molar-refractivity contribution in [3.8, 4) is 0 Å². The Morgan fingerprint density at radius 1 is 1.16 bits per heavy atom. The van der Waals surface area contributed by atoms with E-state index in [1.165, 1.54) is 5.56 Å². The molecule has 5 heteroatoms. The quantitative estimate of drug-likeness (QED) is 0.935. The van der Waals surface area contributed by atoms with E-state index in [2.05, 4.69) is 27.6 Å². The van der Waals surface area contributed by atoms with Gasteiger partial charge in [-0.15, -0.1) is 10.2 Å². The first-order valence-corrected chi connectivity index (χ1v) is 6.47. The molecule has 0 aliphatic heterocycles. The minimum absolute atomic E-state index is 0.00882. The maximum absolute atomic E-state index is 12.0. The van der Waals surface area contributed by atoms with Crippen LogP contribution >= 0.6 is 11.6 Å². The van der Waals surface area contributed by atoms with Crippen LogP contribution < -0.4 is 5.32 Å². The Morgan fingerprint density at radius 2 is 1.95 bits per heavy atom. The number of aromatic nitrogens is 2. The molecule has 1 aromatic carbocycles. The van der Waals surface area contributed by atoms with Gasteiger partial charge in [-0.05, 0) is 30.0 Å². The van der Waals surface area contributed by atoms with Crippen LogP contribution in [0, 0.1) is 5.92 Å². The number of halogens is 1. The predicted molar refractivity (Wildman–Crippen MR) is 73.0 cm³/mol. The summed E-state index contributed by atoms with van der Waals surface area (Å²) in [5.41, 5.74) is 1.21. The number of nitrogens with one attached hydrogen (secondary N) is 1. The van der Waals surface area contributed by atoms with Crippen molar-refractivity contribution in [1.82, 2.24) is 10.2 Å². The second kappa shape index (κ2) is 4.97. The largest absolute Gasteiger partial charge is 0.309 e. The molecule has 0 bridgehead atoms. The van der Waals surface area contributed by atoms with Crippen LogP contribution in [0.3, 0.4) is 0 Å². The lowest BCUT2D eigenvalue weighted by Gasteiger charge is -2.03. The van der Waals surface area contributed by atoms with Crippen molar-refractivity contribution in [3.63, 3.8) is 0 Å². The average molecular weight is 274 g/mol. The fourth-order valence-electron chi connectivity index (χ4n) is 2.15. The Morgan fingerprint density at radius 3 is 2.63 bits per heavy atom. The van der Waals surface area contributed by atoms with Gasteiger partial charge < -0.3 is 5.32 Å². The van der Waals surface area contributed by atoms with Gasteiger partial charge in [-0.3, -0.25) is 4.79 Å². The van der Waals surface area contributed by atoms with Crippen molar-refractivity contribution in [2.75, 3.05) is 5.32 Å². The maximum Gasteiger partial charge on any atom is 0.229 e. The number of hydrogen-bond donors (Lipinski definition) is 1. The molecule has 1 N–H and O–H groups in total. The lowest BCUT2D eigenvalue weighted by molar-refractivity contribution is -0.117. The molecule has 96 valence electrons. The highest BCUT2D eigenvalue weighted by Crippen LogP contribution is 2.47. The third kappa shape index (κ3) is 2.74. The summed E-state index contributed by atoms with van der Waals surface area (Å²) in [6.45, 7) is 0. The topological polar surface area (TPSA) is 54.9 Å². The van der Waals surface area contributed by atoms with E-state index in [4.69, 9.17) is 11.6 Å². The number of nitrogens with zero attached hydrogens (tertiary/aromatic N) is 2. The summed E-state index contributed by atoms with van der Waals surface area (Å²) in [7, 11) is 0. The van der Waals surface area contributed by atoms with Crippen molar-refractivity contribution in [1.29, 1.82) is 0 Å². The Labute approximate surface area is 115 Å². The molecule has 1 aliphatic rings. The van der Waals surface area contributed by atoms with Crippen LogP contribution in [-0.4, -0.2) is 16.1 Å². The highest BCUT2D eigenvalue weighted by Gasteiger charge is 2.43. The molecule has 1 saturated carbocycles. The van der Waals surface area contributed by atoms with Crippen molar-refractivity contribution >= 4 is 23.3 Å². The first kappa shape index (κ1) is 12.1. The van der Waals surface area contributed by atoms with E-state index in [0.717, 1.165) is 6.42 Å². The van der Waals surface area contributed by atoms with Gasteiger partial charge in [0.25, 0.3) is 0 Å². The molecule has 4 nitrogen and oxygen atoms in total. The lowest BCUT2D eigenvalue weighted by Crippen LogP contribution is -2.15. The number of anilines is 1. The lowest BCUT2D eigenvalue weighted by atomic mass is 10.1. The molecule has 0 spiro atoms. The molecule has 19 heavy (non-hydrogen) atoms. The Kier molecular flexibility index (Phi) is 3.17. The van der Waals surface area contributed by atoms with Crippen LogP contribution in [0.15, 0.2) is 42.5 Å². The molecule has 2 unspecified atom stereocenters. The third-order valence-corrected chi connectivity index (χ3v) is 3.44. The van der Waals surface area contributed by atoms with Crippen LogP contribution in [0.2, 0.25) is 5.15 Å². The first-order valence-electron chi connectivity index (χ1n) is 6.09. The van der Waals surface area contributed by atoms with Crippen LogP contribution in [0.1, 0.15) is 17.9 Å². The molecule has 1 fully saturated rings. The predicted octanol–water partition coefficient (Wildman–Crippen LogP) is 2.87. The number of carbonyl (C=O) groups is 1. The number of benzene rings is 1. The van der Waals surface area contributed by atoms with E-state index in [1.807, 2.05) is 18.2 Å². The van der Waals surface area contributed by atoms with Gasteiger partial charge >= 0.3 is 0 Å². The zero-order chi connectivity index (χ0) is 13.2. The van der Waals surface area contributed by atoms with E-state index in [1.54, 1.807) is 12.1 Å². The summed E-state index contributed by atoms with van der Waals surface area (Å²) in [6, 6.07) is 13.3. The Bertz CT molecular complexity index is 585. The summed E-state index contributed by atoms with van der Waals surface area (Å²) >= 11 is 5.64. The number of carbonyl (C=O) groups excluding carboxylic acids is 1.